The molecule has 0 saturated heterocycles. The van der Waals surface area contributed by atoms with Crippen molar-refractivity contribution in [2.45, 2.75) is 4.90 Å². The summed E-state index contributed by atoms with van der Waals surface area (Å²) < 4.78 is 25.1. The molecule has 4 nitrogen and oxygen atoms in total. The first-order chi connectivity index (χ1) is 11.4. The topological polar surface area (TPSA) is 51.4 Å². The molecule has 0 aliphatic heterocycles. The smallest absolute Gasteiger partial charge is 0.262 e. The summed E-state index contributed by atoms with van der Waals surface area (Å²) in [7, 11) is 3.41. The van der Waals surface area contributed by atoms with Crippen molar-refractivity contribution in [3.05, 3.63) is 63.7 Å². The number of halogens is 3. The average molecular weight is 480 g/mol. The van der Waals surface area contributed by atoms with Crippen molar-refractivity contribution >= 4 is 65.3 Å². The molecular weight excluding hydrogens is 467 g/mol. The first-order valence-electron chi connectivity index (χ1n) is 6.85. The van der Waals surface area contributed by atoms with E-state index >= 15 is 0 Å². The molecular formula is C16H13BrCl2N2O2S2. The molecule has 3 rings (SSSR count). The van der Waals surface area contributed by atoms with Crippen molar-refractivity contribution < 1.29 is 8.42 Å². The van der Waals surface area contributed by atoms with Gasteiger partial charge in [0, 0.05) is 28.7 Å². The van der Waals surface area contributed by atoms with E-state index in [1.54, 1.807) is 6.07 Å². The van der Waals surface area contributed by atoms with E-state index in [2.05, 4.69) is 4.99 Å². The number of para-hydroxylation sites is 1. The van der Waals surface area contributed by atoms with Crippen LogP contribution in [0.2, 0.25) is 5.02 Å². The Labute approximate surface area is 169 Å². The zero-order valence-electron chi connectivity index (χ0n) is 12.9. The molecule has 2 aromatic carbocycles. The van der Waals surface area contributed by atoms with E-state index in [-0.39, 0.29) is 26.9 Å². The van der Waals surface area contributed by atoms with Crippen LogP contribution < -0.4 is 4.80 Å². The maximum absolute atomic E-state index is 11.6. The lowest BCUT2D eigenvalue weighted by atomic mass is 10.2. The van der Waals surface area contributed by atoms with Crippen LogP contribution in [-0.4, -0.2) is 13.0 Å². The molecule has 1 heterocycles. The molecule has 0 fully saturated rings. The van der Waals surface area contributed by atoms with Crippen LogP contribution in [0.5, 0.6) is 0 Å². The van der Waals surface area contributed by atoms with Gasteiger partial charge < -0.3 is 4.57 Å². The average Bonchev–Trinajstić information content (AvgIpc) is 2.89. The van der Waals surface area contributed by atoms with Crippen molar-refractivity contribution in [3.8, 4) is 11.3 Å². The van der Waals surface area contributed by atoms with Gasteiger partial charge in [0.25, 0.3) is 9.05 Å². The van der Waals surface area contributed by atoms with E-state index in [0.29, 0.717) is 5.56 Å². The van der Waals surface area contributed by atoms with Gasteiger partial charge in [-0.05, 0) is 24.3 Å². The number of nitrogens with zero attached hydrogens (tertiary/aromatic N) is 2. The minimum absolute atomic E-state index is 0. The first kappa shape index (κ1) is 20.2. The lowest BCUT2D eigenvalue weighted by Gasteiger charge is -2.06. The summed E-state index contributed by atoms with van der Waals surface area (Å²) in [6.07, 6.45) is 0. The normalized spacial score (nSPS) is 12.0. The standard InChI is InChI=1S/C16H12Cl2N2O2S2.BrH/c1-20-14(10-23-16(20)19-12-5-3-2-4-6-12)11-7-8-13(17)15(9-11)24(18,21)22;/h2-10H,1H3;1H. The van der Waals surface area contributed by atoms with Crippen LogP contribution in [0.3, 0.4) is 0 Å². The van der Waals surface area contributed by atoms with Gasteiger partial charge in [-0.2, -0.15) is 0 Å². The Bertz CT molecular complexity index is 1060. The molecule has 9 heteroatoms. The van der Waals surface area contributed by atoms with Crippen molar-refractivity contribution in [1.29, 1.82) is 0 Å². The fourth-order valence-corrected chi connectivity index (χ4v) is 4.61. The SMILES string of the molecule is Br.Cn1c(-c2ccc(Cl)c(S(=O)(=O)Cl)c2)csc1=Nc1ccccc1. The summed E-state index contributed by atoms with van der Waals surface area (Å²) in [6.45, 7) is 0. The van der Waals surface area contributed by atoms with Gasteiger partial charge in [0.05, 0.1) is 16.4 Å². The number of aromatic nitrogens is 1. The minimum Gasteiger partial charge on any atom is -0.320 e. The molecule has 3 aromatic rings. The molecule has 0 atom stereocenters. The van der Waals surface area contributed by atoms with Gasteiger partial charge in [-0.3, -0.25) is 0 Å². The Kier molecular flexibility index (Phi) is 6.51. The fraction of sp³-hybridized carbons (Fsp3) is 0.0625. The molecule has 0 spiro atoms. The predicted octanol–water partition coefficient (Wildman–Crippen LogP) is 5.14. The highest BCUT2D eigenvalue weighted by molar-refractivity contribution is 8.93. The van der Waals surface area contributed by atoms with Crippen LogP contribution >= 0.6 is 50.6 Å². The fourth-order valence-electron chi connectivity index (χ4n) is 2.20. The lowest BCUT2D eigenvalue weighted by Crippen LogP contribution is -2.10. The highest BCUT2D eigenvalue weighted by Gasteiger charge is 2.17. The third-order valence-electron chi connectivity index (χ3n) is 3.39. The van der Waals surface area contributed by atoms with Gasteiger partial charge in [0.1, 0.15) is 4.90 Å². The van der Waals surface area contributed by atoms with Crippen molar-refractivity contribution in [2.24, 2.45) is 12.0 Å². The Morgan fingerprint density at radius 2 is 1.80 bits per heavy atom. The highest BCUT2D eigenvalue weighted by atomic mass is 79.9. The van der Waals surface area contributed by atoms with Crippen LogP contribution in [0.1, 0.15) is 0 Å². The molecule has 0 N–H and O–H groups in total. The van der Waals surface area contributed by atoms with E-state index in [1.807, 2.05) is 47.3 Å². The number of rotatable bonds is 3. The van der Waals surface area contributed by atoms with E-state index in [1.165, 1.54) is 23.5 Å². The maximum atomic E-state index is 11.6. The van der Waals surface area contributed by atoms with Crippen LogP contribution in [0, 0.1) is 0 Å². The van der Waals surface area contributed by atoms with Crippen molar-refractivity contribution in [2.75, 3.05) is 0 Å². The van der Waals surface area contributed by atoms with Gasteiger partial charge >= 0.3 is 0 Å². The van der Waals surface area contributed by atoms with Gasteiger partial charge in [-0.1, -0.05) is 35.9 Å². The van der Waals surface area contributed by atoms with E-state index < -0.39 is 9.05 Å². The summed E-state index contributed by atoms with van der Waals surface area (Å²) in [5, 5.41) is 2.01. The lowest BCUT2D eigenvalue weighted by molar-refractivity contribution is 0.609. The molecule has 0 aliphatic carbocycles. The first-order valence-corrected chi connectivity index (χ1v) is 10.4. The molecule has 0 saturated carbocycles. The molecule has 132 valence electrons. The largest absolute Gasteiger partial charge is 0.320 e. The number of benzene rings is 2. The van der Waals surface area contributed by atoms with Gasteiger partial charge in [-0.15, -0.1) is 28.3 Å². The number of hydrogen-bond acceptors (Lipinski definition) is 4. The van der Waals surface area contributed by atoms with Gasteiger partial charge in [-0.25, -0.2) is 13.4 Å². The number of thiazole rings is 1. The van der Waals surface area contributed by atoms with Crippen molar-refractivity contribution in [1.82, 2.24) is 4.57 Å². The third-order valence-corrected chi connectivity index (χ3v) is 6.12. The van der Waals surface area contributed by atoms with E-state index in [9.17, 15) is 8.42 Å². The Morgan fingerprint density at radius 1 is 1.12 bits per heavy atom. The Hall–Kier alpha value is -1.12. The second-order valence-electron chi connectivity index (χ2n) is 4.99. The molecule has 25 heavy (non-hydrogen) atoms. The van der Waals surface area contributed by atoms with Crippen molar-refractivity contribution in [3.63, 3.8) is 0 Å². The van der Waals surface area contributed by atoms with Crippen LogP contribution in [0.15, 0.2) is 63.8 Å². The van der Waals surface area contributed by atoms with E-state index in [4.69, 9.17) is 22.3 Å². The molecule has 0 bridgehead atoms. The second kappa shape index (κ2) is 8.05. The second-order valence-corrected chi connectivity index (χ2v) is 8.77. The van der Waals surface area contributed by atoms with Gasteiger partial charge in [0.2, 0.25) is 0 Å². The number of hydrogen-bond donors (Lipinski definition) is 0. The van der Waals surface area contributed by atoms with Crippen LogP contribution in [-0.2, 0) is 16.1 Å². The summed E-state index contributed by atoms with van der Waals surface area (Å²) in [5.41, 5.74) is 2.38. The Balaban J connectivity index is 0.00000225. The summed E-state index contributed by atoms with van der Waals surface area (Å²) in [6, 6.07) is 14.4. The highest BCUT2D eigenvalue weighted by Crippen LogP contribution is 2.30. The molecule has 0 aliphatic rings. The predicted molar refractivity (Wildman–Crippen MR) is 109 cm³/mol. The van der Waals surface area contributed by atoms with Gasteiger partial charge in [0.15, 0.2) is 4.80 Å². The summed E-state index contributed by atoms with van der Waals surface area (Å²) in [5.74, 6) is 0. The quantitative estimate of drug-likeness (QED) is 0.488. The van der Waals surface area contributed by atoms with Crippen LogP contribution in [0.25, 0.3) is 11.3 Å². The molecule has 0 amide bonds. The monoisotopic (exact) mass is 478 g/mol. The zero-order chi connectivity index (χ0) is 17.3. The molecule has 0 unspecified atom stereocenters. The molecule has 1 aromatic heterocycles. The summed E-state index contributed by atoms with van der Waals surface area (Å²) >= 11 is 7.40. The summed E-state index contributed by atoms with van der Waals surface area (Å²) in [4.78, 5) is 5.28. The third kappa shape index (κ3) is 4.54. The maximum Gasteiger partial charge on any atom is 0.262 e. The van der Waals surface area contributed by atoms with Crippen LogP contribution in [0.4, 0.5) is 5.69 Å². The minimum atomic E-state index is -3.91. The molecule has 0 radical (unpaired) electrons. The van der Waals surface area contributed by atoms with E-state index in [0.717, 1.165) is 16.2 Å². The Morgan fingerprint density at radius 3 is 2.44 bits per heavy atom. The zero-order valence-corrected chi connectivity index (χ0v) is 17.7.